The molecule has 0 unspecified atom stereocenters. The van der Waals surface area contributed by atoms with Gasteiger partial charge in [-0.05, 0) is 30.7 Å². The van der Waals surface area contributed by atoms with Gasteiger partial charge in [0, 0.05) is 44.5 Å². The molecule has 0 aromatic heterocycles. The number of ether oxygens (including phenoxy) is 2. The lowest BCUT2D eigenvalue weighted by Gasteiger charge is -2.36. The van der Waals surface area contributed by atoms with Crippen molar-refractivity contribution in [3.63, 3.8) is 0 Å². The number of para-hydroxylation sites is 1. The van der Waals surface area contributed by atoms with Crippen molar-refractivity contribution in [1.29, 1.82) is 0 Å². The van der Waals surface area contributed by atoms with E-state index < -0.39 is 5.91 Å². The summed E-state index contributed by atoms with van der Waals surface area (Å²) in [6.07, 6.45) is 0.909. The molecular weight excluding hydrogens is 342 g/mol. The molecule has 2 aromatic carbocycles. The second-order valence-corrected chi connectivity index (χ2v) is 6.59. The molecule has 1 fully saturated rings. The van der Waals surface area contributed by atoms with Gasteiger partial charge < -0.3 is 20.1 Å². The van der Waals surface area contributed by atoms with Crippen LogP contribution in [0, 0.1) is 0 Å². The maximum atomic E-state index is 11.4. The zero-order valence-corrected chi connectivity index (χ0v) is 15.8. The number of carbonyl (C=O) groups excluding carboxylic acids is 1. The zero-order valence-electron chi connectivity index (χ0n) is 15.8. The number of carbonyl (C=O) groups is 1. The Kier molecular flexibility index (Phi) is 6.54. The molecule has 3 rings (SSSR count). The first-order valence-corrected chi connectivity index (χ1v) is 9.30. The fourth-order valence-electron chi connectivity index (χ4n) is 3.30. The maximum absolute atomic E-state index is 11.4. The lowest BCUT2D eigenvalue weighted by Crippen LogP contribution is -2.46. The third-order valence-electron chi connectivity index (χ3n) is 4.82. The Bertz CT molecular complexity index is 758. The molecule has 1 aliphatic heterocycles. The van der Waals surface area contributed by atoms with Crippen molar-refractivity contribution >= 4 is 11.6 Å². The Morgan fingerprint density at radius 2 is 1.85 bits per heavy atom. The minimum absolute atomic E-state index is 0.435. The fraction of sp³-hybridized carbons (Fsp3) is 0.381. The van der Waals surface area contributed by atoms with Gasteiger partial charge in [-0.25, -0.2) is 0 Å². The van der Waals surface area contributed by atoms with Gasteiger partial charge in [0.25, 0.3) is 5.91 Å². The van der Waals surface area contributed by atoms with Crippen LogP contribution in [0.2, 0.25) is 0 Å². The van der Waals surface area contributed by atoms with Crippen LogP contribution in [-0.4, -0.2) is 57.2 Å². The van der Waals surface area contributed by atoms with Crippen molar-refractivity contribution in [2.24, 2.45) is 5.73 Å². The number of anilines is 1. The summed E-state index contributed by atoms with van der Waals surface area (Å²) < 4.78 is 11.1. The van der Waals surface area contributed by atoms with Crippen LogP contribution in [0.5, 0.6) is 11.5 Å². The van der Waals surface area contributed by atoms with E-state index in [4.69, 9.17) is 15.2 Å². The highest BCUT2D eigenvalue weighted by atomic mass is 16.5. The van der Waals surface area contributed by atoms with E-state index in [0.717, 1.165) is 44.9 Å². The number of methoxy groups -OCH3 is 1. The van der Waals surface area contributed by atoms with Gasteiger partial charge in [-0.1, -0.05) is 18.2 Å². The Balaban J connectivity index is 1.41. The molecule has 0 radical (unpaired) electrons. The molecule has 0 aliphatic carbocycles. The van der Waals surface area contributed by atoms with Crippen molar-refractivity contribution in [2.75, 3.05) is 51.3 Å². The minimum atomic E-state index is -0.459. The molecule has 0 atom stereocenters. The summed E-state index contributed by atoms with van der Waals surface area (Å²) in [6.45, 7) is 5.59. The number of benzene rings is 2. The normalized spacial score (nSPS) is 14.8. The van der Waals surface area contributed by atoms with Gasteiger partial charge >= 0.3 is 0 Å². The molecule has 0 spiro atoms. The third-order valence-corrected chi connectivity index (χ3v) is 4.82. The van der Waals surface area contributed by atoms with Gasteiger partial charge in [-0.15, -0.1) is 0 Å². The summed E-state index contributed by atoms with van der Waals surface area (Å²) in [5, 5.41) is 0. The van der Waals surface area contributed by atoms with Crippen LogP contribution < -0.4 is 20.1 Å². The first-order chi connectivity index (χ1) is 13.2. The van der Waals surface area contributed by atoms with Crippen LogP contribution in [0.1, 0.15) is 16.8 Å². The molecule has 27 heavy (non-hydrogen) atoms. The van der Waals surface area contributed by atoms with Crippen molar-refractivity contribution in [3.05, 3.63) is 54.1 Å². The van der Waals surface area contributed by atoms with Crippen molar-refractivity contribution in [2.45, 2.75) is 6.42 Å². The lowest BCUT2D eigenvalue weighted by atomic mass is 10.2. The van der Waals surface area contributed by atoms with Crippen LogP contribution in [0.15, 0.2) is 48.5 Å². The number of piperazine rings is 1. The molecular formula is C21H27N3O3. The quantitative estimate of drug-likeness (QED) is 0.724. The molecule has 1 aliphatic rings. The van der Waals surface area contributed by atoms with E-state index in [2.05, 4.69) is 21.9 Å². The highest BCUT2D eigenvalue weighted by molar-refractivity contribution is 5.95. The van der Waals surface area contributed by atoms with Gasteiger partial charge in [0.1, 0.15) is 11.5 Å². The van der Waals surface area contributed by atoms with E-state index in [1.807, 2.05) is 18.2 Å². The Hall–Kier alpha value is -2.73. The molecule has 144 valence electrons. The van der Waals surface area contributed by atoms with E-state index in [0.29, 0.717) is 17.9 Å². The van der Waals surface area contributed by atoms with Crippen LogP contribution in [0.4, 0.5) is 5.69 Å². The topological polar surface area (TPSA) is 68.0 Å². The summed E-state index contributed by atoms with van der Waals surface area (Å²) >= 11 is 0. The smallest absolute Gasteiger partial charge is 0.252 e. The van der Waals surface area contributed by atoms with E-state index in [-0.39, 0.29) is 0 Å². The number of amides is 1. The second-order valence-electron chi connectivity index (χ2n) is 6.59. The van der Waals surface area contributed by atoms with E-state index in [1.165, 1.54) is 5.69 Å². The Morgan fingerprint density at radius 3 is 2.59 bits per heavy atom. The molecule has 6 heteroatoms. The van der Waals surface area contributed by atoms with Gasteiger partial charge in [-0.2, -0.15) is 0 Å². The lowest BCUT2D eigenvalue weighted by molar-refractivity contribution is 0.0996. The van der Waals surface area contributed by atoms with Gasteiger partial charge in [0.2, 0.25) is 0 Å². The van der Waals surface area contributed by atoms with Gasteiger partial charge in [0.15, 0.2) is 0 Å². The highest BCUT2D eigenvalue weighted by Crippen LogP contribution is 2.22. The van der Waals surface area contributed by atoms with Crippen LogP contribution in [0.3, 0.4) is 0 Å². The number of rotatable bonds is 8. The molecule has 2 aromatic rings. The fourth-order valence-corrected chi connectivity index (χ4v) is 3.30. The minimum Gasteiger partial charge on any atom is -0.497 e. The molecule has 0 saturated carbocycles. The van der Waals surface area contributed by atoms with Gasteiger partial charge in [-0.3, -0.25) is 9.69 Å². The number of primary amides is 1. The predicted molar refractivity (Wildman–Crippen MR) is 107 cm³/mol. The number of nitrogens with two attached hydrogens (primary N) is 1. The van der Waals surface area contributed by atoms with Crippen LogP contribution in [0.25, 0.3) is 0 Å². The second kappa shape index (κ2) is 9.28. The van der Waals surface area contributed by atoms with E-state index in [9.17, 15) is 4.79 Å². The predicted octanol–water partition coefficient (Wildman–Crippen LogP) is 2.39. The summed E-state index contributed by atoms with van der Waals surface area (Å²) in [5.74, 6) is 0.996. The summed E-state index contributed by atoms with van der Waals surface area (Å²) in [5.41, 5.74) is 7.02. The molecule has 1 saturated heterocycles. The monoisotopic (exact) mass is 369 g/mol. The molecule has 6 nitrogen and oxygen atoms in total. The third kappa shape index (κ3) is 5.14. The molecule has 1 heterocycles. The van der Waals surface area contributed by atoms with Crippen molar-refractivity contribution in [3.8, 4) is 11.5 Å². The first kappa shape index (κ1) is 19.0. The molecule has 1 amide bonds. The van der Waals surface area contributed by atoms with Crippen LogP contribution >= 0.6 is 0 Å². The average Bonchev–Trinajstić information content (AvgIpc) is 2.72. The maximum Gasteiger partial charge on any atom is 0.252 e. The molecule has 2 N–H and O–H groups in total. The van der Waals surface area contributed by atoms with Crippen molar-refractivity contribution in [1.82, 2.24) is 4.90 Å². The number of nitrogens with zero attached hydrogens (tertiary/aromatic N) is 2. The van der Waals surface area contributed by atoms with E-state index in [1.54, 1.807) is 25.3 Å². The standard InChI is InChI=1S/C21H27N3O3/c1-26-18-7-4-6-17(16-18)24-13-11-23(12-14-24)10-5-15-27-20-9-3-2-8-19(20)21(22)25/h2-4,6-9,16H,5,10-15H2,1H3,(H2,22,25). The Labute approximate surface area is 160 Å². The number of hydrogen-bond acceptors (Lipinski definition) is 5. The zero-order chi connectivity index (χ0) is 19.1. The Morgan fingerprint density at radius 1 is 1.07 bits per heavy atom. The van der Waals surface area contributed by atoms with E-state index >= 15 is 0 Å². The summed E-state index contributed by atoms with van der Waals surface area (Å²) in [7, 11) is 1.70. The largest absolute Gasteiger partial charge is 0.497 e. The first-order valence-electron chi connectivity index (χ1n) is 9.30. The summed E-state index contributed by atoms with van der Waals surface area (Å²) in [4.78, 5) is 16.2. The number of hydrogen-bond donors (Lipinski definition) is 1. The molecule has 0 bridgehead atoms. The highest BCUT2D eigenvalue weighted by Gasteiger charge is 2.17. The van der Waals surface area contributed by atoms with Gasteiger partial charge in [0.05, 0.1) is 19.3 Å². The summed E-state index contributed by atoms with van der Waals surface area (Å²) in [6, 6.07) is 15.3. The average molecular weight is 369 g/mol. The van der Waals surface area contributed by atoms with Crippen molar-refractivity contribution < 1.29 is 14.3 Å². The van der Waals surface area contributed by atoms with Crippen LogP contribution in [-0.2, 0) is 0 Å². The SMILES string of the molecule is COc1cccc(N2CCN(CCCOc3ccccc3C(N)=O)CC2)c1.